The molecule has 0 saturated heterocycles. The zero-order chi connectivity index (χ0) is 24.5. The van der Waals surface area contributed by atoms with Crippen molar-refractivity contribution in [1.29, 1.82) is 0 Å². The maximum Gasteiger partial charge on any atom is 0.251 e. The van der Waals surface area contributed by atoms with E-state index in [0.29, 0.717) is 39.2 Å². The fourth-order valence-electron chi connectivity index (χ4n) is 4.41. The number of H-pyrrole nitrogens is 1. The number of hydrogen-bond acceptors (Lipinski definition) is 4. The number of aryl methyl sites for hydroxylation is 1. The first-order chi connectivity index (χ1) is 17.0. The average Bonchev–Trinajstić information content (AvgIpc) is 3.28. The highest BCUT2D eigenvalue weighted by molar-refractivity contribution is 6.30. The van der Waals surface area contributed by atoms with Gasteiger partial charge in [-0.2, -0.15) is 5.10 Å². The molecule has 5 aromatic rings. The number of nitrogens with one attached hydrogen (secondary N) is 1. The fraction of sp³-hybridized carbons (Fsp3) is 0.148. The number of hydrogen-bond donors (Lipinski definition) is 2. The van der Waals surface area contributed by atoms with Crippen molar-refractivity contribution >= 4 is 22.5 Å². The van der Waals surface area contributed by atoms with Crippen LogP contribution in [0.25, 0.3) is 33.3 Å². The van der Waals surface area contributed by atoms with Crippen LogP contribution in [0.2, 0.25) is 5.02 Å². The Morgan fingerprint density at radius 1 is 1.11 bits per heavy atom. The van der Waals surface area contributed by atoms with Crippen molar-refractivity contribution in [2.24, 2.45) is 0 Å². The Bertz CT molecular complexity index is 1590. The first-order valence-corrected chi connectivity index (χ1v) is 11.5. The zero-order valence-electron chi connectivity index (χ0n) is 18.9. The first kappa shape index (κ1) is 23.0. The van der Waals surface area contributed by atoms with Crippen LogP contribution in [0.1, 0.15) is 23.7 Å². The molecule has 8 heteroatoms. The third-order valence-corrected chi connectivity index (χ3v) is 6.30. The lowest BCUT2D eigenvalue weighted by atomic mass is 10.00. The lowest BCUT2D eigenvalue weighted by Gasteiger charge is -2.20. The Kier molecular flexibility index (Phi) is 6.19. The molecule has 0 aliphatic heterocycles. The molecule has 0 fully saturated rings. The van der Waals surface area contributed by atoms with Gasteiger partial charge in [-0.15, -0.1) is 0 Å². The van der Waals surface area contributed by atoms with Gasteiger partial charge in [-0.1, -0.05) is 23.7 Å². The first-order valence-electron chi connectivity index (χ1n) is 11.1. The van der Waals surface area contributed by atoms with Crippen LogP contribution >= 0.6 is 11.6 Å². The quantitative estimate of drug-likeness (QED) is 0.329. The van der Waals surface area contributed by atoms with Crippen molar-refractivity contribution in [2.75, 3.05) is 6.61 Å². The van der Waals surface area contributed by atoms with E-state index in [0.717, 1.165) is 16.8 Å². The fourth-order valence-corrected chi connectivity index (χ4v) is 4.61. The molecule has 35 heavy (non-hydrogen) atoms. The van der Waals surface area contributed by atoms with Gasteiger partial charge in [-0.3, -0.25) is 14.9 Å². The van der Waals surface area contributed by atoms with Gasteiger partial charge in [0.15, 0.2) is 0 Å². The minimum atomic E-state index is -0.459. The molecule has 2 N–H and O–H groups in total. The maximum atomic E-state index is 15.8. The summed E-state index contributed by atoms with van der Waals surface area (Å²) in [6.45, 7) is 1.76. The Hall–Kier alpha value is -3.81. The Labute approximate surface area is 205 Å². The van der Waals surface area contributed by atoms with Gasteiger partial charge in [0.05, 0.1) is 16.9 Å². The molecule has 1 atom stereocenters. The molecule has 2 aromatic carbocycles. The number of aliphatic hydroxyl groups is 1. The lowest BCUT2D eigenvalue weighted by molar-refractivity contribution is 0.267. The van der Waals surface area contributed by atoms with Gasteiger partial charge in [-0.25, -0.2) is 4.39 Å². The SMILES string of the molecule is Cc1cc(-c2n[nH]c3ccc(-c4ccn([C@H](CCO)c5cccc(Cl)c5)c(=O)c4)c(F)c23)ccn1. The van der Waals surface area contributed by atoms with Gasteiger partial charge in [0.2, 0.25) is 0 Å². The second-order valence-corrected chi connectivity index (χ2v) is 8.79. The summed E-state index contributed by atoms with van der Waals surface area (Å²) in [7, 11) is 0. The van der Waals surface area contributed by atoms with Crippen molar-refractivity contribution in [1.82, 2.24) is 19.7 Å². The monoisotopic (exact) mass is 488 g/mol. The summed E-state index contributed by atoms with van der Waals surface area (Å²) in [4.78, 5) is 17.3. The smallest absolute Gasteiger partial charge is 0.251 e. The third-order valence-electron chi connectivity index (χ3n) is 6.07. The van der Waals surface area contributed by atoms with E-state index >= 15 is 4.39 Å². The summed E-state index contributed by atoms with van der Waals surface area (Å²) in [5, 5.41) is 17.7. The minimum absolute atomic E-state index is 0.103. The van der Waals surface area contributed by atoms with Crippen molar-refractivity contribution < 1.29 is 9.50 Å². The van der Waals surface area contributed by atoms with E-state index in [1.165, 1.54) is 10.6 Å². The summed E-state index contributed by atoms with van der Waals surface area (Å²) in [5.41, 5.74) is 3.87. The predicted octanol–water partition coefficient (Wildman–Crippen LogP) is 5.53. The van der Waals surface area contributed by atoms with E-state index in [1.807, 2.05) is 19.1 Å². The highest BCUT2D eigenvalue weighted by Gasteiger charge is 2.19. The summed E-state index contributed by atoms with van der Waals surface area (Å²) in [6.07, 6.45) is 3.63. The lowest BCUT2D eigenvalue weighted by Crippen LogP contribution is -2.25. The van der Waals surface area contributed by atoms with E-state index in [4.69, 9.17) is 11.6 Å². The molecule has 0 aliphatic carbocycles. The normalized spacial score (nSPS) is 12.2. The van der Waals surface area contributed by atoms with Crippen LogP contribution in [-0.4, -0.2) is 31.5 Å². The molecule has 0 bridgehead atoms. The van der Waals surface area contributed by atoms with Crippen molar-refractivity contribution in [3.05, 3.63) is 106 Å². The largest absolute Gasteiger partial charge is 0.396 e. The van der Waals surface area contributed by atoms with Crippen LogP contribution in [0.4, 0.5) is 4.39 Å². The van der Waals surface area contributed by atoms with E-state index in [9.17, 15) is 9.90 Å². The molecular weight excluding hydrogens is 467 g/mol. The van der Waals surface area contributed by atoms with Gasteiger partial charge < -0.3 is 9.67 Å². The number of halogens is 2. The van der Waals surface area contributed by atoms with Crippen LogP contribution in [0, 0.1) is 12.7 Å². The average molecular weight is 489 g/mol. The van der Waals surface area contributed by atoms with Crippen molar-refractivity contribution in [2.45, 2.75) is 19.4 Å². The van der Waals surface area contributed by atoms with E-state index in [-0.39, 0.29) is 12.2 Å². The van der Waals surface area contributed by atoms with Crippen molar-refractivity contribution in [3.63, 3.8) is 0 Å². The second-order valence-electron chi connectivity index (χ2n) is 8.35. The van der Waals surface area contributed by atoms with Crippen LogP contribution in [-0.2, 0) is 0 Å². The van der Waals surface area contributed by atoms with E-state index in [1.54, 1.807) is 54.9 Å². The number of aromatic amines is 1. The van der Waals surface area contributed by atoms with Gasteiger partial charge in [0, 0.05) is 46.9 Å². The number of pyridine rings is 2. The van der Waals surface area contributed by atoms with Crippen LogP contribution in [0.3, 0.4) is 0 Å². The predicted molar refractivity (Wildman–Crippen MR) is 135 cm³/mol. The molecule has 5 rings (SSSR count). The molecule has 176 valence electrons. The van der Waals surface area contributed by atoms with Crippen molar-refractivity contribution in [3.8, 4) is 22.4 Å². The summed E-state index contributed by atoms with van der Waals surface area (Å²) < 4.78 is 17.4. The topological polar surface area (TPSA) is 83.8 Å². The molecule has 0 spiro atoms. The number of benzene rings is 2. The Morgan fingerprint density at radius 2 is 1.97 bits per heavy atom. The molecular formula is C27H22ClFN4O2. The van der Waals surface area contributed by atoms with Gasteiger partial charge in [0.1, 0.15) is 11.5 Å². The third kappa shape index (κ3) is 4.36. The standard InChI is InChI=1S/C27H22ClFN4O2/c1-16-13-19(7-10-30-16)27-25-22(31-32-27)6-5-21(26(25)29)17-8-11-33(24(35)15-17)23(9-12-34)18-3-2-4-20(28)14-18/h2-8,10-11,13-15,23,34H,9,12H2,1H3,(H,31,32)/t23-/m1/s1. The maximum absolute atomic E-state index is 15.8. The number of fused-ring (bicyclic) bond motifs is 1. The molecule has 0 saturated carbocycles. The molecule has 3 heterocycles. The van der Waals surface area contributed by atoms with Gasteiger partial charge in [-0.05, 0) is 66.9 Å². The van der Waals surface area contributed by atoms with E-state index in [2.05, 4.69) is 15.2 Å². The Balaban J connectivity index is 1.59. The van der Waals surface area contributed by atoms with E-state index < -0.39 is 11.9 Å². The number of aliphatic hydroxyl groups excluding tert-OH is 1. The second kappa shape index (κ2) is 9.44. The molecule has 0 aliphatic rings. The molecule has 6 nitrogen and oxygen atoms in total. The number of rotatable bonds is 6. The number of nitrogens with zero attached hydrogens (tertiary/aromatic N) is 3. The Morgan fingerprint density at radius 3 is 2.71 bits per heavy atom. The molecule has 3 aromatic heterocycles. The number of aromatic nitrogens is 4. The van der Waals surface area contributed by atoms with Gasteiger partial charge >= 0.3 is 0 Å². The van der Waals surface area contributed by atoms with Gasteiger partial charge in [0.25, 0.3) is 5.56 Å². The van der Waals surface area contributed by atoms with Crippen LogP contribution < -0.4 is 5.56 Å². The highest BCUT2D eigenvalue weighted by Crippen LogP contribution is 2.34. The highest BCUT2D eigenvalue weighted by atomic mass is 35.5. The molecule has 0 amide bonds. The zero-order valence-corrected chi connectivity index (χ0v) is 19.6. The van der Waals surface area contributed by atoms with Crippen LogP contribution in [0.15, 0.2) is 77.9 Å². The summed E-state index contributed by atoms with van der Waals surface area (Å²) in [6, 6.07) is 16.9. The summed E-state index contributed by atoms with van der Waals surface area (Å²) in [5.74, 6) is -0.459. The summed E-state index contributed by atoms with van der Waals surface area (Å²) >= 11 is 6.14. The molecule has 0 unspecified atom stereocenters. The van der Waals surface area contributed by atoms with Crippen LogP contribution in [0.5, 0.6) is 0 Å². The minimum Gasteiger partial charge on any atom is -0.396 e. The molecule has 0 radical (unpaired) electrons.